The summed E-state index contributed by atoms with van der Waals surface area (Å²) in [4.78, 5) is 24.0. The van der Waals surface area contributed by atoms with E-state index in [0.717, 1.165) is 24.2 Å². The van der Waals surface area contributed by atoms with Gasteiger partial charge in [-0.05, 0) is 37.1 Å². The Bertz CT molecular complexity index is 881. The van der Waals surface area contributed by atoms with Crippen LogP contribution in [0.1, 0.15) is 33.1 Å². The van der Waals surface area contributed by atoms with Crippen LogP contribution < -0.4 is 4.72 Å². The van der Waals surface area contributed by atoms with E-state index in [1.54, 1.807) is 6.07 Å². The number of ketones is 1. The Hall–Kier alpha value is -1.68. The molecule has 7 nitrogen and oxygen atoms in total. The van der Waals surface area contributed by atoms with Crippen molar-refractivity contribution in [2.45, 2.75) is 24.0 Å². The number of ether oxygens (including phenoxy) is 1. The van der Waals surface area contributed by atoms with Crippen molar-refractivity contribution in [3.05, 3.63) is 39.2 Å². The van der Waals surface area contributed by atoms with E-state index in [0.29, 0.717) is 9.21 Å². The molecule has 0 radical (unpaired) electrons. The first-order valence-corrected chi connectivity index (χ1v) is 9.61. The SMILES string of the molecule is O=C(OCC(=O)c1ccc(Cl)s1)c1ccc(S(=O)(=O)NC2CC2)o1. The molecule has 3 rings (SSSR count). The van der Waals surface area contributed by atoms with E-state index in [9.17, 15) is 18.0 Å². The zero-order valence-corrected chi connectivity index (χ0v) is 14.5. The van der Waals surface area contributed by atoms with Crippen LogP contribution in [0.25, 0.3) is 0 Å². The number of hydrogen-bond donors (Lipinski definition) is 1. The van der Waals surface area contributed by atoms with Crippen LogP contribution in [0.4, 0.5) is 0 Å². The first-order chi connectivity index (χ1) is 11.3. The zero-order chi connectivity index (χ0) is 17.3. The summed E-state index contributed by atoms with van der Waals surface area (Å²) in [5, 5.41) is -0.363. The van der Waals surface area contributed by atoms with E-state index in [1.165, 1.54) is 18.2 Å². The van der Waals surface area contributed by atoms with E-state index in [2.05, 4.69) is 4.72 Å². The number of esters is 1. The van der Waals surface area contributed by atoms with Gasteiger partial charge in [-0.1, -0.05) is 11.6 Å². The number of carbonyl (C=O) groups excluding carboxylic acids is 2. The molecule has 1 saturated carbocycles. The molecular weight excluding hydrogens is 378 g/mol. The minimum absolute atomic E-state index is 0.0780. The second-order valence-electron chi connectivity index (χ2n) is 5.12. The Morgan fingerprint density at radius 1 is 1.29 bits per heavy atom. The number of rotatable bonds is 7. The highest BCUT2D eigenvalue weighted by Gasteiger charge is 2.30. The minimum Gasteiger partial charge on any atom is -0.451 e. The number of hydrogen-bond acceptors (Lipinski definition) is 7. The molecule has 1 aliphatic rings. The summed E-state index contributed by atoms with van der Waals surface area (Å²) in [6.07, 6.45) is 1.56. The van der Waals surface area contributed by atoms with Crippen molar-refractivity contribution in [1.82, 2.24) is 4.72 Å². The van der Waals surface area contributed by atoms with Crippen molar-refractivity contribution in [3.8, 4) is 0 Å². The molecule has 10 heteroatoms. The van der Waals surface area contributed by atoms with Crippen LogP contribution in [0.3, 0.4) is 0 Å². The second-order valence-corrected chi connectivity index (χ2v) is 8.48. The predicted octanol–water partition coefficient (Wildman–Crippen LogP) is 2.47. The van der Waals surface area contributed by atoms with E-state index in [1.807, 2.05) is 0 Å². The summed E-state index contributed by atoms with van der Waals surface area (Å²) >= 11 is 6.81. The lowest BCUT2D eigenvalue weighted by molar-refractivity contribution is 0.0439. The Morgan fingerprint density at radius 3 is 2.67 bits per heavy atom. The second kappa shape index (κ2) is 6.67. The largest absolute Gasteiger partial charge is 0.451 e. The molecule has 0 saturated heterocycles. The van der Waals surface area contributed by atoms with Gasteiger partial charge in [-0.15, -0.1) is 11.3 Å². The van der Waals surface area contributed by atoms with Crippen LogP contribution in [0.5, 0.6) is 0 Å². The molecule has 128 valence electrons. The molecule has 0 unspecified atom stereocenters. The summed E-state index contributed by atoms with van der Waals surface area (Å²) in [6, 6.07) is 5.38. The highest BCUT2D eigenvalue weighted by Crippen LogP contribution is 2.24. The van der Waals surface area contributed by atoms with Crippen LogP contribution in [0, 0.1) is 0 Å². The van der Waals surface area contributed by atoms with Gasteiger partial charge in [0.15, 0.2) is 6.61 Å². The number of carbonyl (C=O) groups is 2. The van der Waals surface area contributed by atoms with Crippen LogP contribution in [0.2, 0.25) is 4.34 Å². The van der Waals surface area contributed by atoms with Gasteiger partial charge in [0.05, 0.1) is 9.21 Å². The Labute approximate surface area is 146 Å². The van der Waals surface area contributed by atoms with Crippen LogP contribution in [-0.2, 0) is 14.8 Å². The fourth-order valence-corrected chi connectivity index (χ4v) is 4.00. The molecular formula is C14H12ClNO6S2. The predicted molar refractivity (Wildman–Crippen MR) is 86.0 cm³/mol. The van der Waals surface area contributed by atoms with E-state index in [-0.39, 0.29) is 16.9 Å². The monoisotopic (exact) mass is 389 g/mol. The smallest absolute Gasteiger partial charge is 0.374 e. The van der Waals surface area contributed by atoms with E-state index >= 15 is 0 Å². The van der Waals surface area contributed by atoms with Gasteiger partial charge in [0.1, 0.15) is 0 Å². The average Bonchev–Trinajstić information content (AvgIpc) is 3.04. The fourth-order valence-electron chi connectivity index (χ4n) is 1.79. The quantitative estimate of drug-likeness (QED) is 0.576. The summed E-state index contributed by atoms with van der Waals surface area (Å²) in [5.41, 5.74) is 0. The van der Waals surface area contributed by atoms with Gasteiger partial charge in [0.25, 0.3) is 10.0 Å². The molecule has 2 aromatic rings. The first-order valence-electron chi connectivity index (χ1n) is 6.93. The molecule has 24 heavy (non-hydrogen) atoms. The third-order valence-electron chi connectivity index (χ3n) is 3.13. The Kier molecular flexibility index (Phi) is 4.77. The molecule has 0 aromatic carbocycles. The summed E-state index contributed by atoms with van der Waals surface area (Å²) < 4.78 is 36.7. The fraction of sp³-hybridized carbons (Fsp3) is 0.286. The van der Waals surface area contributed by atoms with Gasteiger partial charge in [0.2, 0.25) is 16.6 Å². The van der Waals surface area contributed by atoms with Gasteiger partial charge in [-0.3, -0.25) is 4.79 Å². The highest BCUT2D eigenvalue weighted by molar-refractivity contribution is 7.89. The summed E-state index contributed by atoms with van der Waals surface area (Å²) in [5.74, 6) is -1.61. The van der Waals surface area contributed by atoms with Crippen molar-refractivity contribution in [3.63, 3.8) is 0 Å². The maximum atomic E-state index is 11.9. The van der Waals surface area contributed by atoms with Gasteiger partial charge in [0, 0.05) is 6.04 Å². The van der Waals surface area contributed by atoms with Crippen LogP contribution in [-0.4, -0.2) is 32.8 Å². The Morgan fingerprint density at radius 2 is 2.04 bits per heavy atom. The number of sulfonamides is 1. The molecule has 2 heterocycles. The molecule has 1 fully saturated rings. The zero-order valence-electron chi connectivity index (χ0n) is 12.2. The first kappa shape index (κ1) is 17.2. The van der Waals surface area contributed by atoms with Crippen LogP contribution >= 0.6 is 22.9 Å². The van der Waals surface area contributed by atoms with Crippen molar-refractivity contribution >= 4 is 44.7 Å². The Balaban J connectivity index is 1.60. The van der Waals surface area contributed by atoms with Crippen molar-refractivity contribution < 1.29 is 27.2 Å². The van der Waals surface area contributed by atoms with Gasteiger partial charge < -0.3 is 9.15 Å². The number of Topliss-reactive ketones (excluding diaryl/α,β-unsaturated/α-hetero) is 1. The summed E-state index contributed by atoms with van der Waals surface area (Å²) in [6.45, 7) is -0.487. The van der Waals surface area contributed by atoms with Gasteiger partial charge >= 0.3 is 5.97 Å². The third kappa shape index (κ3) is 4.04. The number of thiophene rings is 1. The molecule has 0 aliphatic heterocycles. The normalized spacial score (nSPS) is 14.5. The van der Waals surface area contributed by atoms with Crippen molar-refractivity contribution in [2.24, 2.45) is 0 Å². The summed E-state index contributed by atoms with van der Waals surface area (Å²) in [7, 11) is -3.79. The molecule has 1 aliphatic carbocycles. The lowest BCUT2D eigenvalue weighted by Gasteiger charge is -2.02. The number of furan rings is 1. The van der Waals surface area contributed by atoms with Gasteiger partial charge in [-0.2, -0.15) is 0 Å². The molecule has 0 spiro atoms. The lowest BCUT2D eigenvalue weighted by atomic mass is 10.3. The maximum Gasteiger partial charge on any atom is 0.374 e. The molecule has 0 bridgehead atoms. The average molecular weight is 390 g/mol. The van der Waals surface area contributed by atoms with Crippen molar-refractivity contribution in [2.75, 3.05) is 6.61 Å². The maximum absolute atomic E-state index is 11.9. The minimum atomic E-state index is -3.79. The van der Waals surface area contributed by atoms with E-state index < -0.39 is 28.4 Å². The van der Waals surface area contributed by atoms with Crippen molar-refractivity contribution in [1.29, 1.82) is 0 Å². The molecule has 0 amide bonds. The van der Waals surface area contributed by atoms with E-state index in [4.69, 9.17) is 20.8 Å². The molecule has 0 atom stereocenters. The molecule has 2 aromatic heterocycles. The van der Waals surface area contributed by atoms with Gasteiger partial charge in [-0.25, -0.2) is 17.9 Å². The number of nitrogens with one attached hydrogen (secondary N) is 1. The highest BCUT2D eigenvalue weighted by atomic mass is 35.5. The van der Waals surface area contributed by atoms with Crippen LogP contribution in [0.15, 0.2) is 33.8 Å². The number of halogens is 1. The standard InChI is InChI=1S/C14H12ClNO6S2/c15-12-5-4-11(23-12)9(17)7-21-14(18)10-3-6-13(22-10)24(19,20)16-8-1-2-8/h3-6,8,16H,1-2,7H2. The third-order valence-corrected chi connectivity index (χ3v) is 5.79. The molecule has 1 N–H and O–H groups in total. The topological polar surface area (TPSA) is 103 Å². The lowest BCUT2D eigenvalue weighted by Crippen LogP contribution is -2.25.